The van der Waals surface area contributed by atoms with Crippen LogP contribution in [0.4, 0.5) is 6.01 Å². The molecule has 0 amide bonds. The molecule has 1 aromatic carbocycles. The highest BCUT2D eigenvalue weighted by Crippen LogP contribution is 2.24. The number of aliphatic imine (C=N–C) groups is 1. The highest BCUT2D eigenvalue weighted by molar-refractivity contribution is 5.60. The topological polar surface area (TPSA) is 76.4 Å². The lowest BCUT2D eigenvalue weighted by atomic mass is 10.1. The van der Waals surface area contributed by atoms with Crippen LogP contribution >= 0.6 is 0 Å². The van der Waals surface area contributed by atoms with Gasteiger partial charge in [0.25, 0.3) is 6.01 Å². The second-order valence-corrected chi connectivity index (χ2v) is 6.57. The van der Waals surface area contributed by atoms with Crippen LogP contribution in [0.1, 0.15) is 46.2 Å². The number of aryl methyl sites for hydroxylation is 1. The van der Waals surface area contributed by atoms with E-state index >= 15 is 0 Å². The first kappa shape index (κ1) is 23.2. The molecule has 1 aliphatic rings. The normalized spacial score (nSPS) is 12.6. The van der Waals surface area contributed by atoms with Crippen molar-refractivity contribution in [2.75, 3.05) is 12.3 Å². The zero-order valence-corrected chi connectivity index (χ0v) is 17.8. The smallest absolute Gasteiger partial charge is 0.292 e. The first-order valence-electron chi connectivity index (χ1n) is 9.89. The zero-order chi connectivity index (χ0) is 20.9. The second-order valence-electron chi connectivity index (χ2n) is 6.57. The summed E-state index contributed by atoms with van der Waals surface area (Å²) in [6.45, 7) is 14.8. The summed E-state index contributed by atoms with van der Waals surface area (Å²) in [5, 5.41) is 3.38. The Hall–Kier alpha value is -2.82. The number of oxazole rings is 1. The van der Waals surface area contributed by atoms with Gasteiger partial charge in [0.05, 0.1) is 17.1 Å². The predicted molar refractivity (Wildman–Crippen MR) is 120 cm³/mol. The molecule has 0 unspecified atom stereocenters. The molecule has 0 saturated heterocycles. The monoisotopic (exact) mass is 382 g/mol. The Kier molecular flexibility index (Phi) is 10.4. The average Bonchev–Trinajstić information content (AvgIpc) is 3.07. The van der Waals surface area contributed by atoms with E-state index < -0.39 is 0 Å². The number of rotatable bonds is 5. The lowest BCUT2D eigenvalue weighted by molar-refractivity contribution is 0.594. The van der Waals surface area contributed by atoms with Gasteiger partial charge >= 0.3 is 0 Å². The fraction of sp³-hybridized carbons (Fsp3) is 0.391. The molecule has 5 heteroatoms. The van der Waals surface area contributed by atoms with Gasteiger partial charge in [-0.1, -0.05) is 64.1 Å². The van der Waals surface area contributed by atoms with Crippen molar-refractivity contribution in [3.05, 3.63) is 59.6 Å². The van der Waals surface area contributed by atoms with E-state index in [9.17, 15) is 0 Å². The lowest BCUT2D eigenvalue weighted by Crippen LogP contribution is -2.20. The van der Waals surface area contributed by atoms with E-state index in [4.69, 9.17) is 10.2 Å². The lowest BCUT2D eigenvalue weighted by Gasteiger charge is -2.15. The molecule has 3 rings (SSSR count). The van der Waals surface area contributed by atoms with E-state index in [1.807, 2.05) is 51.1 Å². The largest absolute Gasteiger partial charge is 0.423 e. The minimum atomic E-state index is 0.219. The Balaban J connectivity index is 0.000000257. The first-order valence-corrected chi connectivity index (χ1v) is 9.89. The van der Waals surface area contributed by atoms with Gasteiger partial charge < -0.3 is 15.5 Å². The van der Waals surface area contributed by atoms with Gasteiger partial charge in [-0.3, -0.25) is 4.99 Å². The summed E-state index contributed by atoms with van der Waals surface area (Å²) < 4.78 is 5.27. The molecular weight excluding hydrogens is 348 g/mol. The quantitative estimate of drug-likeness (QED) is 0.645. The number of nitrogens with one attached hydrogen (secondary N) is 1. The van der Waals surface area contributed by atoms with Crippen LogP contribution in [-0.2, 0) is 0 Å². The van der Waals surface area contributed by atoms with Crippen molar-refractivity contribution in [1.29, 1.82) is 0 Å². The van der Waals surface area contributed by atoms with Gasteiger partial charge in [-0.25, -0.2) is 0 Å². The Bertz CT molecular complexity index is 773. The molecule has 2 aromatic rings. The third kappa shape index (κ3) is 7.43. The molecule has 5 nitrogen and oxygen atoms in total. The molecule has 1 heterocycles. The summed E-state index contributed by atoms with van der Waals surface area (Å²) >= 11 is 0. The summed E-state index contributed by atoms with van der Waals surface area (Å²) in [5.41, 5.74) is 9.51. The number of aromatic nitrogens is 1. The number of allylic oxidation sites excluding steroid dienone is 3. The van der Waals surface area contributed by atoms with Crippen LogP contribution in [0.2, 0.25) is 0 Å². The van der Waals surface area contributed by atoms with Gasteiger partial charge in [-0.2, -0.15) is 4.98 Å². The third-order valence-electron chi connectivity index (χ3n) is 3.88. The summed E-state index contributed by atoms with van der Waals surface area (Å²) in [6.07, 6.45) is 6.38. The molecule has 152 valence electrons. The number of anilines is 1. The van der Waals surface area contributed by atoms with Crippen molar-refractivity contribution in [3.63, 3.8) is 0 Å². The van der Waals surface area contributed by atoms with Crippen LogP contribution in [0, 0.1) is 12.8 Å². The van der Waals surface area contributed by atoms with Crippen molar-refractivity contribution in [2.45, 2.75) is 47.5 Å². The van der Waals surface area contributed by atoms with E-state index in [0.29, 0.717) is 5.92 Å². The molecule has 1 aromatic heterocycles. The SMILES string of the molecule is C=NC1=C(NCC(C)C)C=CCC1.CC.Cc1nc(N)oc1-c1ccccc1. The summed E-state index contributed by atoms with van der Waals surface area (Å²) in [4.78, 5) is 8.02. The van der Waals surface area contributed by atoms with Gasteiger partial charge in [-0.05, 0) is 38.5 Å². The molecule has 28 heavy (non-hydrogen) atoms. The van der Waals surface area contributed by atoms with Gasteiger partial charge in [0, 0.05) is 12.1 Å². The molecular formula is C23H34N4O. The minimum absolute atomic E-state index is 0.219. The van der Waals surface area contributed by atoms with Crippen molar-refractivity contribution in [1.82, 2.24) is 10.3 Å². The van der Waals surface area contributed by atoms with Crippen molar-refractivity contribution in [2.24, 2.45) is 10.9 Å². The standard InChI is InChI=1S/C11H18N2.C10H10N2O.C2H6/c1-9(2)8-13-11-7-5-4-6-10(11)12-3;1-7-9(13-10(11)12-7)8-5-3-2-4-6-8;1-2/h5,7,9,13H,3-4,6,8H2,1-2H3;2-6H,1H3,(H2,11,12);1-2H3. The zero-order valence-electron chi connectivity index (χ0n) is 17.8. The molecule has 0 saturated carbocycles. The number of nitrogens with zero attached hydrogens (tertiary/aromatic N) is 2. The number of hydrogen-bond acceptors (Lipinski definition) is 5. The molecule has 0 atom stereocenters. The summed E-state index contributed by atoms with van der Waals surface area (Å²) in [5.74, 6) is 1.41. The Morgan fingerprint density at radius 2 is 1.93 bits per heavy atom. The van der Waals surface area contributed by atoms with Crippen LogP contribution in [0.5, 0.6) is 0 Å². The van der Waals surface area contributed by atoms with E-state index in [-0.39, 0.29) is 6.01 Å². The van der Waals surface area contributed by atoms with Crippen LogP contribution in [-0.4, -0.2) is 18.2 Å². The van der Waals surface area contributed by atoms with E-state index in [1.165, 1.54) is 0 Å². The van der Waals surface area contributed by atoms with Gasteiger partial charge in [0.15, 0.2) is 5.76 Å². The van der Waals surface area contributed by atoms with Crippen LogP contribution in [0.15, 0.2) is 63.3 Å². The van der Waals surface area contributed by atoms with Crippen LogP contribution < -0.4 is 11.1 Å². The molecule has 0 radical (unpaired) electrons. The summed E-state index contributed by atoms with van der Waals surface area (Å²) in [7, 11) is 0. The molecule has 0 spiro atoms. The van der Waals surface area contributed by atoms with E-state index in [2.05, 4.69) is 48.0 Å². The molecule has 0 bridgehead atoms. The Morgan fingerprint density at radius 1 is 1.25 bits per heavy atom. The van der Waals surface area contributed by atoms with E-state index in [1.54, 1.807) is 0 Å². The molecule has 1 aliphatic carbocycles. The average molecular weight is 383 g/mol. The highest BCUT2D eigenvalue weighted by Gasteiger charge is 2.08. The fourth-order valence-corrected chi connectivity index (χ4v) is 2.57. The highest BCUT2D eigenvalue weighted by atomic mass is 16.4. The number of benzene rings is 1. The minimum Gasteiger partial charge on any atom is -0.423 e. The molecule has 0 aliphatic heterocycles. The molecule has 3 N–H and O–H groups in total. The Morgan fingerprint density at radius 3 is 2.46 bits per heavy atom. The third-order valence-corrected chi connectivity index (χ3v) is 3.88. The van der Waals surface area contributed by atoms with Gasteiger partial charge in [0.2, 0.25) is 0 Å². The van der Waals surface area contributed by atoms with Gasteiger partial charge in [0.1, 0.15) is 0 Å². The number of hydrogen-bond donors (Lipinski definition) is 2. The second kappa shape index (κ2) is 12.5. The maximum atomic E-state index is 5.44. The van der Waals surface area contributed by atoms with Crippen molar-refractivity contribution < 1.29 is 4.42 Å². The van der Waals surface area contributed by atoms with E-state index in [0.717, 1.165) is 47.8 Å². The number of nitrogens with two attached hydrogens (primary N) is 1. The van der Waals surface area contributed by atoms with Gasteiger partial charge in [-0.15, -0.1) is 0 Å². The number of nitrogen functional groups attached to an aromatic ring is 1. The van der Waals surface area contributed by atoms with Crippen LogP contribution in [0.3, 0.4) is 0 Å². The summed E-state index contributed by atoms with van der Waals surface area (Å²) in [6, 6.07) is 10.0. The fourth-order valence-electron chi connectivity index (χ4n) is 2.57. The Labute approximate surface area is 169 Å². The maximum absolute atomic E-state index is 5.44. The van der Waals surface area contributed by atoms with Crippen molar-refractivity contribution >= 4 is 12.7 Å². The first-order chi connectivity index (χ1) is 13.5. The molecule has 0 fully saturated rings. The van der Waals surface area contributed by atoms with Crippen molar-refractivity contribution in [3.8, 4) is 11.3 Å². The maximum Gasteiger partial charge on any atom is 0.292 e. The van der Waals surface area contributed by atoms with Crippen LogP contribution in [0.25, 0.3) is 11.3 Å². The predicted octanol–water partition coefficient (Wildman–Crippen LogP) is 5.75.